The summed E-state index contributed by atoms with van der Waals surface area (Å²) in [7, 11) is 0. The van der Waals surface area contributed by atoms with Crippen LogP contribution in [0.2, 0.25) is 5.28 Å². The van der Waals surface area contributed by atoms with E-state index in [0.29, 0.717) is 0 Å². The summed E-state index contributed by atoms with van der Waals surface area (Å²) in [6, 6.07) is 0. The molecule has 3 rings (SSSR count). The van der Waals surface area contributed by atoms with E-state index < -0.39 is 42.3 Å². The predicted octanol–water partition coefficient (Wildman–Crippen LogP) is 0.442. The minimum Gasteiger partial charge on any atom is -0.444 e. The monoisotopic (exact) mass is 425 g/mol. The lowest BCUT2D eigenvalue weighted by Crippen LogP contribution is -2.47. The number of halogens is 1. The first-order chi connectivity index (χ1) is 13.5. The van der Waals surface area contributed by atoms with E-state index in [2.05, 4.69) is 26.2 Å². The molecule has 2 aromatic heterocycles. The molecule has 0 unspecified atom stereocenters. The fraction of sp³-hybridized carbons (Fsp3) is 0.529. The normalized spacial score (nSPS) is 27.0. The highest BCUT2D eigenvalue weighted by Crippen LogP contribution is 2.38. The van der Waals surface area contributed by atoms with Crippen LogP contribution in [0, 0.1) is 12.3 Å². The van der Waals surface area contributed by atoms with Crippen LogP contribution in [0.1, 0.15) is 27.0 Å². The summed E-state index contributed by atoms with van der Waals surface area (Å²) in [6.07, 6.45) is 1.74. The Morgan fingerprint density at radius 1 is 1.52 bits per heavy atom. The molecule has 29 heavy (non-hydrogen) atoms. The van der Waals surface area contributed by atoms with Crippen LogP contribution in [-0.2, 0) is 9.47 Å². The average Bonchev–Trinajstić information content (AvgIpc) is 3.13. The molecule has 3 heterocycles. The van der Waals surface area contributed by atoms with Gasteiger partial charge in [0.1, 0.15) is 17.8 Å². The number of nitrogens with zero attached hydrogens (tertiary/aromatic N) is 4. The highest BCUT2D eigenvalue weighted by Gasteiger charge is 2.55. The molecule has 0 bridgehead atoms. The molecule has 0 aliphatic carbocycles. The third-order valence-electron chi connectivity index (χ3n) is 4.20. The molecule has 12 heteroatoms. The molecule has 11 nitrogen and oxygen atoms in total. The molecule has 0 spiro atoms. The van der Waals surface area contributed by atoms with Gasteiger partial charge in [0.05, 0.1) is 12.9 Å². The Morgan fingerprint density at radius 2 is 2.21 bits per heavy atom. The van der Waals surface area contributed by atoms with Gasteiger partial charge in [0.15, 0.2) is 28.8 Å². The maximum atomic E-state index is 12.1. The molecule has 0 radical (unpaired) electrons. The van der Waals surface area contributed by atoms with Crippen LogP contribution in [0.5, 0.6) is 0 Å². The van der Waals surface area contributed by atoms with Gasteiger partial charge >= 0.3 is 6.09 Å². The molecule has 1 aliphatic rings. The molecule has 156 valence electrons. The van der Waals surface area contributed by atoms with Crippen molar-refractivity contribution in [3.05, 3.63) is 11.6 Å². The summed E-state index contributed by atoms with van der Waals surface area (Å²) >= 11 is 5.97. The maximum absolute atomic E-state index is 12.1. The summed E-state index contributed by atoms with van der Waals surface area (Å²) in [6.45, 7) is 4.48. The quantitative estimate of drug-likeness (QED) is 0.405. The number of amides is 1. The van der Waals surface area contributed by atoms with E-state index >= 15 is 0 Å². The van der Waals surface area contributed by atoms with E-state index in [-0.39, 0.29) is 22.3 Å². The number of nitrogens with one attached hydrogen (secondary N) is 1. The number of hydrogen-bond acceptors (Lipinski definition) is 9. The molecule has 0 saturated carbocycles. The van der Waals surface area contributed by atoms with E-state index in [0.717, 1.165) is 0 Å². The van der Waals surface area contributed by atoms with Crippen molar-refractivity contribution in [2.75, 3.05) is 11.9 Å². The largest absolute Gasteiger partial charge is 0.444 e. The topological polar surface area (TPSA) is 152 Å². The number of carbonyl (C=O) groups is 1. The number of fused-ring (bicyclic) bond motifs is 1. The van der Waals surface area contributed by atoms with Gasteiger partial charge in [-0.1, -0.05) is 5.92 Å². The van der Waals surface area contributed by atoms with Crippen molar-refractivity contribution >= 4 is 34.7 Å². The van der Waals surface area contributed by atoms with E-state index in [1.165, 1.54) is 10.9 Å². The standard InChI is InChI=1S/C17H20ClN5O6/c1-5-17(27)8(6-24)28-13(10(17)25)23-7-19-9-11(20-14(18)22-12(9)23)21-15(26)29-16(2,3)4/h1,7-8,10,13,24-25,27H,6H2,2-4H3,(H,20,21,22,26)/t8-,10+,13-,17-/m1/s1. The Bertz CT molecular complexity index is 983. The number of hydrogen-bond donors (Lipinski definition) is 4. The third-order valence-corrected chi connectivity index (χ3v) is 4.37. The lowest BCUT2D eigenvalue weighted by Gasteiger charge is -2.23. The third kappa shape index (κ3) is 3.85. The summed E-state index contributed by atoms with van der Waals surface area (Å²) in [4.78, 5) is 24.2. The number of carbonyl (C=O) groups excluding carboxylic acids is 1. The molecule has 0 aromatic carbocycles. The van der Waals surface area contributed by atoms with Gasteiger partial charge in [0.25, 0.3) is 0 Å². The Balaban J connectivity index is 2.00. The van der Waals surface area contributed by atoms with Crippen molar-refractivity contribution in [1.29, 1.82) is 0 Å². The Labute approximate surface area is 170 Å². The van der Waals surface area contributed by atoms with E-state index in [1.54, 1.807) is 20.8 Å². The fourth-order valence-corrected chi connectivity index (χ4v) is 3.06. The van der Waals surface area contributed by atoms with Crippen molar-refractivity contribution in [1.82, 2.24) is 19.5 Å². The first-order valence-corrected chi connectivity index (χ1v) is 8.92. The number of aliphatic hydroxyl groups excluding tert-OH is 2. The van der Waals surface area contributed by atoms with Crippen LogP contribution in [0.3, 0.4) is 0 Å². The van der Waals surface area contributed by atoms with E-state index in [9.17, 15) is 20.1 Å². The lowest BCUT2D eigenvalue weighted by atomic mass is 9.93. The number of aromatic nitrogens is 4. The maximum Gasteiger partial charge on any atom is 0.413 e. The summed E-state index contributed by atoms with van der Waals surface area (Å²) in [5.74, 6) is 2.03. The van der Waals surface area contributed by atoms with Gasteiger partial charge in [-0.2, -0.15) is 9.97 Å². The molecule has 4 N–H and O–H groups in total. The zero-order valence-corrected chi connectivity index (χ0v) is 16.6. The van der Waals surface area contributed by atoms with E-state index in [4.69, 9.17) is 27.5 Å². The lowest BCUT2D eigenvalue weighted by molar-refractivity contribution is -0.0605. The van der Waals surface area contributed by atoms with Crippen LogP contribution < -0.4 is 5.32 Å². The Kier molecular flexibility index (Phi) is 5.42. The highest BCUT2D eigenvalue weighted by molar-refractivity contribution is 6.28. The number of rotatable bonds is 3. The SMILES string of the molecule is C#C[C@@]1(O)[C@@H](CO)O[C@@H](n2cnc3c(NC(=O)OC(C)(C)C)nc(Cl)nc32)[C@@H]1O. The number of aliphatic hydroxyl groups is 3. The summed E-state index contributed by atoms with van der Waals surface area (Å²) < 4.78 is 12.0. The number of anilines is 1. The van der Waals surface area contributed by atoms with Crippen molar-refractivity contribution in [3.8, 4) is 12.3 Å². The van der Waals surface area contributed by atoms with Crippen LogP contribution in [0.4, 0.5) is 10.6 Å². The summed E-state index contributed by atoms with van der Waals surface area (Å²) in [5.41, 5.74) is -2.63. The first kappa shape index (κ1) is 21.2. The Morgan fingerprint density at radius 3 is 2.76 bits per heavy atom. The van der Waals surface area contributed by atoms with E-state index in [1.807, 2.05) is 0 Å². The molecule has 1 amide bonds. The minimum absolute atomic E-state index is 0.0218. The Hall–Kier alpha value is -2.49. The number of imidazole rings is 1. The fourth-order valence-electron chi connectivity index (χ4n) is 2.90. The zero-order valence-electron chi connectivity index (χ0n) is 15.8. The van der Waals surface area contributed by atoms with Crippen LogP contribution in [0.15, 0.2) is 6.33 Å². The summed E-state index contributed by atoms with van der Waals surface area (Å²) in [5, 5.41) is 32.6. The van der Waals surface area contributed by atoms with Gasteiger partial charge in [0, 0.05) is 0 Å². The smallest absolute Gasteiger partial charge is 0.413 e. The average molecular weight is 426 g/mol. The van der Waals surface area contributed by atoms with Gasteiger partial charge in [-0.3, -0.25) is 9.88 Å². The van der Waals surface area contributed by atoms with Gasteiger partial charge in [-0.05, 0) is 32.4 Å². The van der Waals surface area contributed by atoms with Gasteiger partial charge in [0.2, 0.25) is 5.28 Å². The van der Waals surface area contributed by atoms with Crippen molar-refractivity contribution in [3.63, 3.8) is 0 Å². The van der Waals surface area contributed by atoms with Crippen LogP contribution >= 0.6 is 11.6 Å². The van der Waals surface area contributed by atoms with Crippen LogP contribution in [-0.4, -0.2) is 70.9 Å². The molecule has 4 atom stereocenters. The predicted molar refractivity (Wildman–Crippen MR) is 101 cm³/mol. The van der Waals surface area contributed by atoms with Crippen molar-refractivity contribution in [2.45, 2.75) is 50.4 Å². The van der Waals surface area contributed by atoms with Gasteiger partial charge in [-0.15, -0.1) is 6.42 Å². The second-order valence-corrected chi connectivity index (χ2v) is 7.74. The van der Waals surface area contributed by atoms with Crippen LogP contribution in [0.25, 0.3) is 11.2 Å². The number of ether oxygens (including phenoxy) is 2. The molecular weight excluding hydrogens is 406 g/mol. The first-order valence-electron chi connectivity index (χ1n) is 8.54. The van der Waals surface area contributed by atoms with Gasteiger partial charge in [-0.25, -0.2) is 9.78 Å². The van der Waals surface area contributed by atoms with Crippen molar-refractivity contribution < 1.29 is 29.6 Å². The second kappa shape index (κ2) is 7.40. The van der Waals surface area contributed by atoms with Gasteiger partial charge < -0.3 is 24.8 Å². The molecule has 1 aliphatic heterocycles. The zero-order chi connectivity index (χ0) is 21.6. The molecule has 2 aromatic rings. The second-order valence-electron chi connectivity index (χ2n) is 7.40. The highest BCUT2D eigenvalue weighted by atomic mass is 35.5. The minimum atomic E-state index is -2.12. The molecule has 1 fully saturated rings. The van der Waals surface area contributed by atoms with Crippen molar-refractivity contribution in [2.24, 2.45) is 0 Å². The molecular formula is C17H20ClN5O6. The number of terminal acetylenes is 1. The molecule has 1 saturated heterocycles.